The van der Waals surface area contributed by atoms with Crippen LogP contribution in [0.25, 0.3) is 11.1 Å². The Kier molecular flexibility index (Phi) is 2.41. The quantitative estimate of drug-likeness (QED) is 0.694. The Bertz CT molecular complexity index is 432. The summed E-state index contributed by atoms with van der Waals surface area (Å²) in [5, 5.41) is 0. The Labute approximate surface area is 83.0 Å². The minimum atomic E-state index is 0.579. The average Bonchev–Trinajstić information content (AvgIpc) is 2.30. The summed E-state index contributed by atoms with van der Waals surface area (Å²) < 4.78 is 0. The van der Waals surface area contributed by atoms with E-state index >= 15 is 0 Å². The minimum Gasteiger partial charge on any atom is -0.285 e. The molecule has 0 unspecified atom stereocenters. The van der Waals surface area contributed by atoms with Gasteiger partial charge < -0.3 is 0 Å². The van der Waals surface area contributed by atoms with Crippen molar-refractivity contribution in [3.63, 3.8) is 0 Å². The first-order chi connectivity index (χ1) is 6.92. The standard InChI is InChI=1S/C13H8O/c14-10-12-8-4-5-9-13(12)11-6-2-1-3-7-11/h1-6,8-9H. The zero-order valence-electron chi connectivity index (χ0n) is 7.53. The maximum atomic E-state index is 10.7. The molecule has 0 amide bonds. The molecule has 0 aliphatic carbocycles. The van der Waals surface area contributed by atoms with E-state index in [-0.39, 0.29) is 0 Å². The summed E-state index contributed by atoms with van der Waals surface area (Å²) in [4.78, 5) is 10.7. The van der Waals surface area contributed by atoms with Crippen molar-refractivity contribution in [2.24, 2.45) is 0 Å². The Morgan fingerprint density at radius 2 is 1.79 bits per heavy atom. The van der Waals surface area contributed by atoms with Gasteiger partial charge in [-0.05, 0) is 17.2 Å². The maximum Gasteiger partial charge on any atom is 0.234 e. The fourth-order valence-electron chi connectivity index (χ4n) is 1.37. The molecule has 0 heterocycles. The normalized spacial score (nSPS) is 9.71. The first kappa shape index (κ1) is 8.70. The molecule has 2 rings (SSSR count). The van der Waals surface area contributed by atoms with Crippen LogP contribution in [0.3, 0.4) is 0 Å². The number of hydrogen-bond donors (Lipinski definition) is 0. The van der Waals surface area contributed by atoms with Crippen molar-refractivity contribution in [2.75, 3.05) is 0 Å². The molecule has 0 aromatic heterocycles. The van der Waals surface area contributed by atoms with Crippen LogP contribution in [0.4, 0.5) is 0 Å². The molecular weight excluding hydrogens is 172 g/mol. The maximum absolute atomic E-state index is 10.7. The summed E-state index contributed by atoms with van der Waals surface area (Å²) in [6, 6.07) is 18.0. The summed E-state index contributed by atoms with van der Waals surface area (Å²) in [6.07, 6.45) is 1.92. The highest BCUT2D eigenvalue weighted by atomic mass is 16.1. The van der Waals surface area contributed by atoms with Gasteiger partial charge in [-0.2, -0.15) is 0 Å². The molecule has 0 N–H and O–H groups in total. The van der Waals surface area contributed by atoms with E-state index in [1.807, 2.05) is 48.8 Å². The van der Waals surface area contributed by atoms with E-state index in [9.17, 15) is 4.79 Å². The summed E-state index contributed by atoms with van der Waals surface area (Å²) in [5.41, 5.74) is 2.38. The van der Waals surface area contributed by atoms with Crippen LogP contribution < -0.4 is 0 Å². The van der Waals surface area contributed by atoms with Crippen LogP contribution in [0.2, 0.25) is 0 Å². The fraction of sp³-hybridized carbons (Fsp3) is 0. The van der Waals surface area contributed by atoms with E-state index in [2.05, 4.69) is 6.07 Å². The second-order valence-electron chi connectivity index (χ2n) is 2.92. The molecule has 0 aliphatic rings. The van der Waals surface area contributed by atoms with Crippen LogP contribution in [-0.4, -0.2) is 6.29 Å². The zero-order chi connectivity index (χ0) is 9.80. The molecule has 14 heavy (non-hydrogen) atoms. The van der Waals surface area contributed by atoms with Crippen LogP contribution in [-0.2, 0) is 4.79 Å². The molecule has 66 valence electrons. The van der Waals surface area contributed by atoms with Crippen molar-refractivity contribution < 1.29 is 4.79 Å². The molecule has 2 aromatic rings. The predicted molar refractivity (Wildman–Crippen MR) is 55.5 cm³/mol. The van der Waals surface area contributed by atoms with Gasteiger partial charge in [0.15, 0.2) is 0 Å². The third-order valence-electron chi connectivity index (χ3n) is 2.04. The van der Waals surface area contributed by atoms with Gasteiger partial charge in [-0.25, -0.2) is 0 Å². The second-order valence-corrected chi connectivity index (χ2v) is 2.92. The molecule has 1 nitrogen and oxygen atoms in total. The smallest absolute Gasteiger partial charge is 0.234 e. The molecule has 2 radical (unpaired) electrons. The van der Waals surface area contributed by atoms with Crippen LogP contribution >= 0.6 is 0 Å². The number of rotatable bonds is 2. The first-order valence-electron chi connectivity index (χ1n) is 4.36. The number of benzene rings is 2. The van der Waals surface area contributed by atoms with Crippen molar-refractivity contribution in [1.29, 1.82) is 0 Å². The third kappa shape index (κ3) is 1.57. The van der Waals surface area contributed by atoms with Crippen molar-refractivity contribution in [3.05, 3.63) is 60.2 Å². The Morgan fingerprint density at radius 3 is 2.50 bits per heavy atom. The molecule has 0 saturated heterocycles. The molecule has 0 atom stereocenters. The molecule has 2 aromatic carbocycles. The van der Waals surface area contributed by atoms with E-state index in [4.69, 9.17) is 0 Å². The van der Waals surface area contributed by atoms with Crippen molar-refractivity contribution in [2.45, 2.75) is 0 Å². The lowest BCUT2D eigenvalue weighted by atomic mass is 10.0. The van der Waals surface area contributed by atoms with E-state index < -0.39 is 0 Å². The van der Waals surface area contributed by atoms with Crippen LogP contribution in [0.5, 0.6) is 0 Å². The minimum absolute atomic E-state index is 0.579. The van der Waals surface area contributed by atoms with Gasteiger partial charge in [0.2, 0.25) is 6.29 Å². The highest BCUT2D eigenvalue weighted by Gasteiger charge is 2.02. The predicted octanol–water partition coefficient (Wildman–Crippen LogP) is 2.61. The molecule has 0 fully saturated rings. The van der Waals surface area contributed by atoms with Crippen LogP contribution in [0, 0.1) is 6.07 Å². The van der Waals surface area contributed by atoms with Gasteiger partial charge in [0.05, 0.1) is 0 Å². The SMILES string of the molecule is O=[C]c1ccccc1-c1[c]cccc1. The highest BCUT2D eigenvalue weighted by molar-refractivity contribution is 5.87. The van der Waals surface area contributed by atoms with Gasteiger partial charge in [-0.1, -0.05) is 48.5 Å². The van der Waals surface area contributed by atoms with Gasteiger partial charge in [0, 0.05) is 5.56 Å². The fourth-order valence-corrected chi connectivity index (χ4v) is 1.37. The van der Waals surface area contributed by atoms with E-state index in [1.165, 1.54) is 0 Å². The third-order valence-corrected chi connectivity index (χ3v) is 2.04. The summed E-state index contributed by atoms with van der Waals surface area (Å²) in [6.45, 7) is 0. The van der Waals surface area contributed by atoms with E-state index in [1.54, 1.807) is 6.07 Å². The Balaban J connectivity index is 2.57. The monoisotopic (exact) mass is 180 g/mol. The van der Waals surface area contributed by atoms with Crippen molar-refractivity contribution in [1.82, 2.24) is 0 Å². The molecular formula is C13H8O. The Hall–Kier alpha value is -1.89. The van der Waals surface area contributed by atoms with Gasteiger partial charge in [0.1, 0.15) is 0 Å². The lowest BCUT2D eigenvalue weighted by molar-refractivity contribution is 0.563. The van der Waals surface area contributed by atoms with Crippen molar-refractivity contribution in [3.8, 4) is 11.1 Å². The molecule has 1 heteroatoms. The zero-order valence-corrected chi connectivity index (χ0v) is 7.53. The highest BCUT2D eigenvalue weighted by Crippen LogP contribution is 2.21. The van der Waals surface area contributed by atoms with Gasteiger partial charge >= 0.3 is 0 Å². The van der Waals surface area contributed by atoms with Gasteiger partial charge in [-0.15, -0.1) is 0 Å². The number of hydrogen-bond acceptors (Lipinski definition) is 1. The van der Waals surface area contributed by atoms with E-state index in [0.29, 0.717) is 5.56 Å². The topological polar surface area (TPSA) is 17.1 Å². The van der Waals surface area contributed by atoms with Crippen LogP contribution in [0.15, 0.2) is 48.5 Å². The average molecular weight is 180 g/mol. The second kappa shape index (κ2) is 3.88. The Morgan fingerprint density at radius 1 is 1.00 bits per heavy atom. The first-order valence-corrected chi connectivity index (χ1v) is 4.36. The van der Waals surface area contributed by atoms with Gasteiger partial charge in [-0.3, -0.25) is 4.79 Å². The lowest BCUT2D eigenvalue weighted by Crippen LogP contribution is -1.86. The molecule has 0 spiro atoms. The molecule has 0 saturated carbocycles. The summed E-state index contributed by atoms with van der Waals surface area (Å²) in [7, 11) is 0. The van der Waals surface area contributed by atoms with Crippen molar-refractivity contribution >= 4 is 6.29 Å². The van der Waals surface area contributed by atoms with Gasteiger partial charge in [0.25, 0.3) is 0 Å². The largest absolute Gasteiger partial charge is 0.285 e. The van der Waals surface area contributed by atoms with Crippen LogP contribution in [0.1, 0.15) is 5.56 Å². The summed E-state index contributed by atoms with van der Waals surface area (Å²) >= 11 is 0. The number of carbonyl (C=O) groups excluding carboxylic acids is 1. The molecule has 0 aliphatic heterocycles. The van der Waals surface area contributed by atoms with E-state index in [0.717, 1.165) is 11.1 Å². The molecule has 0 bridgehead atoms. The lowest BCUT2D eigenvalue weighted by Gasteiger charge is -2.02. The summed E-state index contributed by atoms with van der Waals surface area (Å²) in [5.74, 6) is 0.